The molecule has 0 saturated heterocycles. The van der Waals surface area contributed by atoms with Gasteiger partial charge >= 0.3 is 5.63 Å². The Bertz CT molecular complexity index is 1830. The van der Waals surface area contributed by atoms with Crippen LogP contribution < -0.4 is 5.63 Å². The van der Waals surface area contributed by atoms with E-state index < -0.39 is 33.1 Å². The predicted molar refractivity (Wildman–Crippen MR) is 166 cm³/mol. The molecule has 1 aromatic heterocycles. The third-order valence-corrected chi connectivity index (χ3v) is 10.1. The second kappa shape index (κ2) is 13.0. The van der Waals surface area contributed by atoms with Crippen molar-refractivity contribution in [2.75, 3.05) is 0 Å². The van der Waals surface area contributed by atoms with Gasteiger partial charge in [0.15, 0.2) is 9.84 Å². The number of hydrogen-bond donors (Lipinski definition) is 0. The van der Waals surface area contributed by atoms with Gasteiger partial charge in [-0.15, -0.1) is 0 Å². The molecule has 0 amide bonds. The maximum Gasteiger partial charge on any atom is 0.336 e. The largest absolute Gasteiger partial charge is 0.423 e. The first-order valence-corrected chi connectivity index (χ1v) is 16.1. The van der Waals surface area contributed by atoms with Crippen LogP contribution in [0, 0.1) is 0 Å². The third kappa shape index (κ3) is 7.28. The van der Waals surface area contributed by atoms with Crippen LogP contribution >= 0.6 is 0 Å². The van der Waals surface area contributed by atoms with Crippen molar-refractivity contribution in [2.24, 2.45) is 0 Å². The smallest absolute Gasteiger partial charge is 0.336 e. The molecule has 0 bridgehead atoms. The zero-order chi connectivity index (χ0) is 30.5. The van der Waals surface area contributed by atoms with Crippen molar-refractivity contribution in [3.8, 4) is 0 Å². The summed E-state index contributed by atoms with van der Waals surface area (Å²) < 4.78 is 62.2. The molecule has 0 aliphatic carbocycles. The highest BCUT2D eigenvalue weighted by Gasteiger charge is 2.32. The average Bonchev–Trinajstić information content (AvgIpc) is 3.01. The molecule has 1 unspecified atom stereocenters. The van der Waals surface area contributed by atoms with Gasteiger partial charge in [0.2, 0.25) is 0 Å². The highest BCUT2D eigenvalue weighted by molar-refractivity contribution is 7.92. The molecule has 5 rings (SSSR count). The van der Waals surface area contributed by atoms with Crippen LogP contribution in [0.5, 0.6) is 0 Å². The highest BCUT2D eigenvalue weighted by Crippen LogP contribution is 2.36. The average molecular weight is 601 g/mol. The lowest BCUT2D eigenvalue weighted by Gasteiger charge is -2.19. The molecule has 0 fully saturated rings. The van der Waals surface area contributed by atoms with E-state index in [2.05, 4.69) is 12.1 Å². The van der Waals surface area contributed by atoms with Crippen molar-refractivity contribution in [1.82, 2.24) is 0 Å². The quantitative estimate of drug-likeness (QED) is 0.135. The van der Waals surface area contributed by atoms with Crippen LogP contribution in [0.25, 0.3) is 11.0 Å². The van der Waals surface area contributed by atoms with E-state index in [1.165, 1.54) is 18.6 Å². The second-order valence-electron chi connectivity index (χ2n) is 10.9. The molecule has 1 atom stereocenters. The highest BCUT2D eigenvalue weighted by atomic mass is 32.2. The summed E-state index contributed by atoms with van der Waals surface area (Å²) in [4.78, 5) is 12.1. The number of aryl methyl sites for hydroxylation is 1. The fraction of sp³-hybridized carbons (Fsp3) is 0.250. The molecule has 0 N–H and O–H groups in total. The minimum atomic E-state index is -3.63. The van der Waals surface area contributed by atoms with Crippen LogP contribution in [0.2, 0.25) is 0 Å². The monoisotopic (exact) mass is 600 g/mol. The maximum atomic E-state index is 14.6. The van der Waals surface area contributed by atoms with Gasteiger partial charge in [-0.05, 0) is 78.6 Å². The lowest BCUT2D eigenvalue weighted by molar-refractivity contribution is -0.00714. The SMILES string of the molecule is CCC(F)(F)c1cc(=O)oc2ccc(Cc3ccc(S(=O)(=O)C(CCCc4ccccc4)Cc4ccccc4)cc3)cc12. The first kappa shape index (κ1) is 30.4. The van der Waals surface area contributed by atoms with Gasteiger partial charge in [0.1, 0.15) is 5.58 Å². The molecule has 1 heterocycles. The molecule has 7 heteroatoms. The van der Waals surface area contributed by atoms with E-state index in [-0.39, 0.29) is 21.4 Å². The third-order valence-electron chi connectivity index (χ3n) is 7.88. The summed E-state index contributed by atoms with van der Waals surface area (Å²) in [5.41, 5.74) is 2.69. The Morgan fingerprint density at radius 1 is 0.767 bits per heavy atom. The molecule has 43 heavy (non-hydrogen) atoms. The van der Waals surface area contributed by atoms with Crippen LogP contribution in [-0.4, -0.2) is 13.7 Å². The first-order chi connectivity index (χ1) is 20.7. The Morgan fingerprint density at radius 3 is 2.05 bits per heavy atom. The summed E-state index contributed by atoms with van der Waals surface area (Å²) >= 11 is 0. The van der Waals surface area contributed by atoms with Crippen molar-refractivity contribution < 1.29 is 21.6 Å². The molecule has 0 aliphatic heterocycles. The Morgan fingerprint density at radius 2 is 1.40 bits per heavy atom. The molecular formula is C36H34F2O4S. The summed E-state index contributed by atoms with van der Waals surface area (Å²) in [5, 5.41) is -0.374. The molecule has 4 nitrogen and oxygen atoms in total. The number of sulfone groups is 1. The van der Waals surface area contributed by atoms with Gasteiger partial charge in [-0.2, -0.15) is 0 Å². The maximum absolute atomic E-state index is 14.6. The van der Waals surface area contributed by atoms with Crippen LogP contribution in [0.15, 0.2) is 123 Å². The Kier molecular flexibility index (Phi) is 9.21. The van der Waals surface area contributed by atoms with Crippen LogP contribution in [0.1, 0.15) is 54.0 Å². The minimum absolute atomic E-state index is 0.109. The van der Waals surface area contributed by atoms with E-state index >= 15 is 0 Å². The Hall–Kier alpha value is -4.10. The molecule has 4 aromatic carbocycles. The Labute approximate surface area is 250 Å². The van der Waals surface area contributed by atoms with Crippen LogP contribution in [0.3, 0.4) is 0 Å². The number of rotatable bonds is 12. The molecule has 0 radical (unpaired) electrons. The number of halogens is 2. The fourth-order valence-electron chi connectivity index (χ4n) is 5.46. The van der Waals surface area contributed by atoms with Gasteiger partial charge < -0.3 is 4.42 Å². The zero-order valence-electron chi connectivity index (χ0n) is 24.0. The summed E-state index contributed by atoms with van der Waals surface area (Å²) in [6.07, 6.45) is 2.48. The van der Waals surface area contributed by atoms with Crippen molar-refractivity contribution >= 4 is 20.8 Å². The first-order valence-electron chi connectivity index (χ1n) is 14.5. The lowest BCUT2D eigenvalue weighted by atomic mass is 9.98. The van der Waals surface area contributed by atoms with E-state index in [0.717, 1.165) is 35.6 Å². The van der Waals surface area contributed by atoms with E-state index in [4.69, 9.17) is 4.42 Å². The summed E-state index contributed by atoms with van der Waals surface area (Å²) in [6, 6.07) is 32.3. The fourth-order valence-corrected chi connectivity index (χ4v) is 7.25. The lowest BCUT2D eigenvalue weighted by Crippen LogP contribution is -2.24. The van der Waals surface area contributed by atoms with Crippen molar-refractivity contribution in [1.29, 1.82) is 0 Å². The van der Waals surface area contributed by atoms with Crippen LogP contribution in [-0.2, 0) is 35.0 Å². The topological polar surface area (TPSA) is 64.3 Å². The van der Waals surface area contributed by atoms with Crippen molar-refractivity contribution in [3.05, 3.63) is 147 Å². The summed E-state index contributed by atoms with van der Waals surface area (Å²) in [6.45, 7) is 1.37. The number of hydrogen-bond acceptors (Lipinski definition) is 4. The van der Waals surface area contributed by atoms with Gasteiger partial charge in [-0.1, -0.05) is 85.8 Å². The van der Waals surface area contributed by atoms with E-state index in [9.17, 15) is 22.0 Å². The van der Waals surface area contributed by atoms with Crippen molar-refractivity contribution in [3.63, 3.8) is 0 Å². The van der Waals surface area contributed by atoms with E-state index in [1.54, 1.807) is 36.4 Å². The van der Waals surface area contributed by atoms with Crippen molar-refractivity contribution in [2.45, 2.75) is 61.5 Å². The van der Waals surface area contributed by atoms with E-state index in [1.807, 2.05) is 48.5 Å². The molecule has 222 valence electrons. The second-order valence-corrected chi connectivity index (χ2v) is 13.2. The Balaban J connectivity index is 1.37. The number of benzene rings is 4. The van der Waals surface area contributed by atoms with Gasteiger partial charge in [0.05, 0.1) is 10.1 Å². The molecule has 0 saturated carbocycles. The number of fused-ring (bicyclic) bond motifs is 1. The van der Waals surface area contributed by atoms with Gasteiger partial charge in [0, 0.05) is 23.4 Å². The minimum Gasteiger partial charge on any atom is -0.423 e. The van der Waals surface area contributed by atoms with Gasteiger partial charge in [-0.25, -0.2) is 22.0 Å². The predicted octanol–water partition coefficient (Wildman–Crippen LogP) is 8.29. The molecule has 0 spiro atoms. The van der Waals surface area contributed by atoms with E-state index in [0.29, 0.717) is 19.3 Å². The summed E-state index contributed by atoms with van der Waals surface area (Å²) in [5.74, 6) is -3.17. The zero-order valence-corrected chi connectivity index (χ0v) is 24.8. The molecular weight excluding hydrogens is 566 g/mol. The van der Waals surface area contributed by atoms with Gasteiger partial charge in [0.25, 0.3) is 5.92 Å². The summed E-state index contributed by atoms with van der Waals surface area (Å²) in [7, 11) is -3.63. The van der Waals surface area contributed by atoms with Gasteiger partial charge in [-0.3, -0.25) is 0 Å². The number of alkyl halides is 2. The molecule has 0 aliphatic rings. The molecule has 5 aromatic rings. The normalized spacial score (nSPS) is 12.8. The van der Waals surface area contributed by atoms with Crippen LogP contribution in [0.4, 0.5) is 8.78 Å². The standard InChI is InChI=1S/C36H34F2O4S/c1-2-36(37,38)33-25-35(39)42-34-21-18-29(24-32(33)34)22-28-16-19-30(20-17-28)43(40,41)31(23-27-12-7-4-8-13-27)15-9-14-26-10-5-3-6-11-26/h3-8,10-13,16-21,24-25,31H,2,9,14-15,22-23H2,1H3.